The summed E-state index contributed by atoms with van der Waals surface area (Å²) in [6, 6.07) is 10.1. The van der Waals surface area contributed by atoms with E-state index >= 15 is 0 Å². The second-order valence-electron chi connectivity index (χ2n) is 10.4. The van der Waals surface area contributed by atoms with Crippen molar-refractivity contribution in [1.29, 1.82) is 0 Å². The SMILES string of the molecule is CCc1cc(COc2cc(-n3cc(C)c4c3CC(C)(C)CC4=O)cc3ncnc(N)c23)cc(OC)c1. The van der Waals surface area contributed by atoms with Crippen LogP contribution in [0.25, 0.3) is 16.6 Å². The van der Waals surface area contributed by atoms with Crippen molar-refractivity contribution in [2.45, 2.75) is 53.6 Å². The first-order valence-electron chi connectivity index (χ1n) is 12.3. The molecule has 5 rings (SSSR count). The van der Waals surface area contributed by atoms with E-state index in [-0.39, 0.29) is 11.2 Å². The molecule has 0 radical (unpaired) electrons. The van der Waals surface area contributed by atoms with Crippen LogP contribution in [0, 0.1) is 12.3 Å². The van der Waals surface area contributed by atoms with Gasteiger partial charge in [-0.3, -0.25) is 4.79 Å². The number of benzene rings is 2. The summed E-state index contributed by atoms with van der Waals surface area (Å²) in [5.41, 5.74) is 12.8. The highest BCUT2D eigenvalue weighted by Gasteiger charge is 2.35. The zero-order valence-corrected chi connectivity index (χ0v) is 21.5. The number of fused-ring (bicyclic) bond motifs is 2. The summed E-state index contributed by atoms with van der Waals surface area (Å²) >= 11 is 0. The van der Waals surface area contributed by atoms with Crippen LogP contribution < -0.4 is 15.2 Å². The van der Waals surface area contributed by atoms with Crippen molar-refractivity contribution in [3.63, 3.8) is 0 Å². The van der Waals surface area contributed by atoms with Crippen LogP contribution in [-0.2, 0) is 19.4 Å². The van der Waals surface area contributed by atoms with Crippen LogP contribution in [0.1, 0.15) is 59.9 Å². The second kappa shape index (κ2) is 8.97. The number of ketones is 1. The number of nitrogens with zero attached hydrogens (tertiary/aromatic N) is 3. The lowest BCUT2D eigenvalue weighted by Crippen LogP contribution is -2.28. The fourth-order valence-electron chi connectivity index (χ4n) is 5.22. The van der Waals surface area contributed by atoms with Gasteiger partial charge in [0.25, 0.3) is 0 Å². The molecule has 0 saturated heterocycles. The van der Waals surface area contributed by atoms with Gasteiger partial charge in [0.05, 0.1) is 23.7 Å². The van der Waals surface area contributed by atoms with Gasteiger partial charge in [0.1, 0.15) is 30.3 Å². The fraction of sp³-hybridized carbons (Fsp3) is 0.345. The number of methoxy groups -OCH3 is 1. The summed E-state index contributed by atoms with van der Waals surface area (Å²) in [6.45, 7) is 8.73. The van der Waals surface area contributed by atoms with Gasteiger partial charge in [0, 0.05) is 29.9 Å². The van der Waals surface area contributed by atoms with Crippen molar-refractivity contribution in [2.24, 2.45) is 5.41 Å². The van der Waals surface area contributed by atoms with Gasteiger partial charge in [0.2, 0.25) is 0 Å². The van der Waals surface area contributed by atoms with E-state index in [1.807, 2.05) is 37.4 Å². The molecule has 1 aliphatic rings. The summed E-state index contributed by atoms with van der Waals surface area (Å²) in [5.74, 6) is 1.97. The lowest BCUT2D eigenvalue weighted by Gasteiger charge is -2.30. The van der Waals surface area contributed by atoms with Gasteiger partial charge < -0.3 is 19.8 Å². The number of hydrogen-bond acceptors (Lipinski definition) is 6. The van der Waals surface area contributed by atoms with Crippen LogP contribution in [0.3, 0.4) is 0 Å². The van der Waals surface area contributed by atoms with Gasteiger partial charge in [-0.25, -0.2) is 9.97 Å². The first kappa shape index (κ1) is 23.9. The summed E-state index contributed by atoms with van der Waals surface area (Å²) in [6.07, 6.45) is 5.77. The maximum absolute atomic E-state index is 13.0. The number of nitrogens with two attached hydrogens (primary N) is 1. The van der Waals surface area contributed by atoms with E-state index in [4.69, 9.17) is 15.2 Å². The molecule has 1 aliphatic carbocycles. The molecule has 2 heterocycles. The third-order valence-electron chi connectivity index (χ3n) is 6.92. The van der Waals surface area contributed by atoms with Crippen molar-refractivity contribution >= 4 is 22.5 Å². The molecular formula is C29H32N4O3. The Hall–Kier alpha value is -3.87. The molecule has 0 spiro atoms. The highest BCUT2D eigenvalue weighted by atomic mass is 16.5. The third kappa shape index (κ3) is 4.30. The Bertz CT molecular complexity index is 1460. The maximum Gasteiger partial charge on any atom is 0.165 e. The number of ether oxygens (including phenoxy) is 2. The summed E-state index contributed by atoms with van der Waals surface area (Å²) in [5, 5.41) is 0.675. The molecule has 36 heavy (non-hydrogen) atoms. The third-order valence-corrected chi connectivity index (χ3v) is 6.92. The standard InChI is InChI=1S/C29H32N4O3/c1-6-18-7-19(9-21(8-18)35-5)15-36-25-11-20(10-22-27(25)28(30)32-16-31-22)33-14-17(2)26-23(33)12-29(3,4)13-24(26)34/h7-11,14,16H,6,12-13,15H2,1-5H3,(H2,30,31,32). The van der Waals surface area contributed by atoms with E-state index in [0.717, 1.165) is 46.7 Å². The number of Topliss-reactive ketones (excluding diaryl/α,β-unsaturated/α-hetero) is 1. The van der Waals surface area contributed by atoms with Crippen LogP contribution in [0.15, 0.2) is 42.9 Å². The van der Waals surface area contributed by atoms with Crippen LogP contribution in [0.2, 0.25) is 0 Å². The summed E-state index contributed by atoms with van der Waals surface area (Å²) < 4.78 is 13.9. The molecule has 0 saturated carbocycles. The smallest absolute Gasteiger partial charge is 0.165 e. The Labute approximate surface area is 211 Å². The Morgan fingerprint density at radius 1 is 1.08 bits per heavy atom. The molecule has 186 valence electrons. The molecule has 0 bridgehead atoms. The van der Waals surface area contributed by atoms with Crippen molar-refractivity contribution in [1.82, 2.24) is 14.5 Å². The van der Waals surface area contributed by atoms with Gasteiger partial charge in [-0.05, 0) is 60.1 Å². The van der Waals surface area contributed by atoms with Crippen molar-refractivity contribution in [3.05, 3.63) is 70.8 Å². The van der Waals surface area contributed by atoms with Gasteiger partial charge in [-0.1, -0.05) is 26.8 Å². The van der Waals surface area contributed by atoms with E-state index < -0.39 is 0 Å². The predicted molar refractivity (Wildman–Crippen MR) is 141 cm³/mol. The zero-order valence-electron chi connectivity index (χ0n) is 21.5. The average molecular weight is 485 g/mol. The summed E-state index contributed by atoms with van der Waals surface area (Å²) in [4.78, 5) is 21.7. The van der Waals surface area contributed by atoms with Gasteiger partial charge in [-0.15, -0.1) is 0 Å². The maximum atomic E-state index is 13.0. The Kier molecular flexibility index (Phi) is 5.94. The summed E-state index contributed by atoms with van der Waals surface area (Å²) in [7, 11) is 1.67. The van der Waals surface area contributed by atoms with Crippen molar-refractivity contribution < 1.29 is 14.3 Å². The number of hydrogen-bond donors (Lipinski definition) is 1. The zero-order chi connectivity index (χ0) is 25.6. The molecule has 0 amide bonds. The topological polar surface area (TPSA) is 92.3 Å². The largest absolute Gasteiger partial charge is 0.497 e. The Balaban J connectivity index is 1.61. The lowest BCUT2D eigenvalue weighted by molar-refractivity contribution is 0.0910. The van der Waals surface area contributed by atoms with E-state index in [1.165, 1.54) is 11.9 Å². The molecule has 4 aromatic rings. The molecule has 7 heteroatoms. The molecule has 2 aromatic carbocycles. The first-order valence-corrected chi connectivity index (χ1v) is 12.3. The minimum Gasteiger partial charge on any atom is -0.497 e. The fourth-order valence-corrected chi connectivity index (χ4v) is 5.22. The van der Waals surface area contributed by atoms with Crippen LogP contribution in [-0.4, -0.2) is 27.4 Å². The number of rotatable bonds is 6. The quantitative estimate of drug-likeness (QED) is 0.382. The molecular weight excluding hydrogens is 452 g/mol. The van der Waals surface area contributed by atoms with E-state index in [0.29, 0.717) is 35.5 Å². The normalized spacial score (nSPS) is 14.6. The molecule has 2 N–H and O–H groups in total. The number of carbonyl (C=O) groups excluding carboxylic acids is 1. The Morgan fingerprint density at radius 3 is 2.61 bits per heavy atom. The van der Waals surface area contributed by atoms with Crippen LogP contribution >= 0.6 is 0 Å². The predicted octanol–water partition coefficient (Wildman–Crippen LogP) is 5.62. The van der Waals surface area contributed by atoms with Crippen molar-refractivity contribution in [2.75, 3.05) is 12.8 Å². The van der Waals surface area contributed by atoms with E-state index in [2.05, 4.69) is 41.4 Å². The number of aryl methyl sites for hydroxylation is 2. The van der Waals surface area contributed by atoms with Crippen LogP contribution in [0.5, 0.6) is 11.5 Å². The number of carbonyl (C=O) groups is 1. The van der Waals surface area contributed by atoms with Gasteiger partial charge in [-0.2, -0.15) is 0 Å². The number of nitrogen functional groups attached to an aromatic ring is 1. The first-order chi connectivity index (χ1) is 17.2. The molecule has 0 unspecified atom stereocenters. The van der Waals surface area contributed by atoms with Gasteiger partial charge >= 0.3 is 0 Å². The lowest BCUT2D eigenvalue weighted by atomic mass is 9.75. The minimum atomic E-state index is -0.0985. The Morgan fingerprint density at radius 2 is 1.86 bits per heavy atom. The highest BCUT2D eigenvalue weighted by molar-refractivity contribution is 6.00. The highest BCUT2D eigenvalue weighted by Crippen LogP contribution is 2.39. The molecule has 2 aromatic heterocycles. The molecule has 0 fully saturated rings. The second-order valence-corrected chi connectivity index (χ2v) is 10.4. The molecule has 0 atom stereocenters. The molecule has 7 nitrogen and oxygen atoms in total. The van der Waals surface area contributed by atoms with Gasteiger partial charge in [0.15, 0.2) is 5.78 Å². The number of anilines is 1. The molecule has 0 aliphatic heterocycles. The van der Waals surface area contributed by atoms with E-state index in [1.54, 1.807) is 7.11 Å². The monoisotopic (exact) mass is 484 g/mol. The van der Waals surface area contributed by atoms with E-state index in [9.17, 15) is 4.79 Å². The number of aromatic nitrogens is 3. The average Bonchev–Trinajstić information content (AvgIpc) is 3.17. The minimum absolute atomic E-state index is 0.0985. The van der Waals surface area contributed by atoms with Crippen molar-refractivity contribution in [3.8, 4) is 17.2 Å². The van der Waals surface area contributed by atoms with Crippen LogP contribution in [0.4, 0.5) is 5.82 Å².